The largest absolute Gasteiger partial charge is 0.444 e. The highest BCUT2D eigenvalue weighted by molar-refractivity contribution is 8.14. The standard InChI is InChI=1S/C24H34N6O3SSi.C18H20N6O2S.C16H22N4OSi.C10H14N2O2.C8H12N2O2S.C5H6N2.C3H7ClO2S/c1-19(2)34(31,32)29-16-24(17-29,8-9-25)30-15-20(14-27-30)21-6-10-26-23-22(21)7-11-28(23)18-33-12-13-35(3,4)5;1-13(2)27(25,26)23-11-18(12-23,5-6-19)24-10-14(9-22-24)15-3-7-20-17-16(15)4-8-21-17;1-22(2,3)9-8-21-12-20-7-5-15-14(4-6-17-16(15)20)13-10-18-19-11-13;1-10(2,3)14-9(13)12-6-8(7-12)5-11-4;1-7(2)13(11,12)10-5-8(6-10)4-9-3;1-6-2-5-3-7-4-5;1-3(2)7(4,5)6/h6-7,10-11,14-15,19H,8,12-13,16-18H2,1-5H3;3-4,7-10,13H,5,11-12H2,1-2H3,(H,20,21);4-7,10-11H,8-9,12H2,1-3H3,(H,18,19);5H,6-7H2,1-3H3;4,7H,5-6H2,1-2H3;2,7H,3-4H2;3H,1-2H3. The number of pyridine rings is 3. The van der Waals surface area contributed by atoms with Crippen molar-refractivity contribution in [3.8, 4) is 45.5 Å². The zero-order valence-electron chi connectivity index (χ0n) is 74.1. The Morgan fingerprint density at radius 1 is 0.576 bits per heavy atom. The second-order valence-corrected chi connectivity index (χ2v) is 57.2. The number of sulfonamides is 3. The molecule has 0 aromatic carbocycles. The van der Waals surface area contributed by atoms with Crippen LogP contribution in [0.3, 0.4) is 0 Å². The van der Waals surface area contributed by atoms with Crippen molar-refractivity contribution >= 4 is 105 Å². The maximum atomic E-state index is 12.6. The summed E-state index contributed by atoms with van der Waals surface area (Å²) in [7, 11) is -10.4. The molecule has 14 rings (SSSR count). The highest BCUT2D eigenvalue weighted by Gasteiger charge is 2.52. The molecule has 125 heavy (non-hydrogen) atoms. The van der Waals surface area contributed by atoms with Crippen molar-refractivity contribution in [2.24, 2.45) is 0 Å². The van der Waals surface area contributed by atoms with Crippen LogP contribution in [0.15, 0.2) is 146 Å². The normalized spacial score (nSPS) is 15.8. The van der Waals surface area contributed by atoms with Gasteiger partial charge in [-0.1, -0.05) is 39.3 Å². The third-order valence-electron chi connectivity index (χ3n) is 20.6. The number of fused-ring (bicyclic) bond motifs is 3. The van der Waals surface area contributed by atoms with Crippen molar-refractivity contribution < 1.29 is 52.7 Å². The zero-order valence-corrected chi connectivity index (χ0v) is 80.1. The Bertz CT molecular complexity index is 5990. The number of ether oxygens (including phenoxy) is 3. The Balaban J connectivity index is 0.000000193. The van der Waals surface area contributed by atoms with Crippen molar-refractivity contribution in [2.45, 2.75) is 192 Å². The summed E-state index contributed by atoms with van der Waals surface area (Å²) in [5.41, 5.74) is 9.94. The van der Waals surface area contributed by atoms with E-state index in [9.17, 15) is 49.0 Å². The SMILES string of the molecule is CC(C)S(=O)(=O)Cl.CC(C)S(=O)(=O)N1CC(CC#N)(n2cc(-c3ccnc4[nH]ccc34)cn2)C1.CC(C)S(=O)(=O)N1CC(CC#N)(n2cc(-c3ccnc4c3ccn4COCC[Si](C)(C)C)cn2)C1.C[Si](C)(C)CCOCn1ccc2c(-c3cn[nH]c3)ccnc21.[C-]#[N+]C=C1CN(C(=O)OC(C)(C)C)C1.[C-]#[N+]C=C1CN(S(=O)(=O)C(C)C)C1.[C-]#[N+]C=C1CNC1. The van der Waals surface area contributed by atoms with E-state index in [0.717, 1.165) is 110 Å². The first-order chi connectivity index (χ1) is 58.7. The number of hydrogen-bond acceptors (Lipinski definition) is 21. The summed E-state index contributed by atoms with van der Waals surface area (Å²) in [5.74, 6) is 0. The Labute approximate surface area is 741 Å². The van der Waals surface area contributed by atoms with Gasteiger partial charge in [0.1, 0.15) is 47.1 Å². The number of carbonyl (C=O) groups is 1. The van der Waals surface area contributed by atoms with Gasteiger partial charge in [-0.15, -0.1) is 0 Å². The molecular formula is C84H115ClN22O12S4Si2. The van der Waals surface area contributed by atoms with E-state index in [4.69, 9.17) is 44.6 Å². The van der Waals surface area contributed by atoms with Crippen LogP contribution in [0.4, 0.5) is 4.79 Å². The highest BCUT2D eigenvalue weighted by atomic mass is 35.7. The lowest BCUT2D eigenvalue weighted by Crippen LogP contribution is -2.65. The number of nitrogens with one attached hydrogen (secondary N) is 3. The number of nitriles is 2. The van der Waals surface area contributed by atoms with Crippen molar-refractivity contribution in [2.75, 3.05) is 78.7 Å². The van der Waals surface area contributed by atoms with Crippen molar-refractivity contribution in [3.63, 3.8) is 0 Å². The minimum atomic E-state index is -3.36. The minimum Gasteiger partial charge on any atom is -0.444 e. The van der Waals surface area contributed by atoms with E-state index in [1.54, 1.807) is 86.8 Å². The quantitative estimate of drug-likeness (QED) is 0.0219. The molecule has 0 atom stereocenters. The van der Waals surface area contributed by atoms with E-state index >= 15 is 0 Å². The van der Waals surface area contributed by atoms with Crippen LogP contribution in [0.25, 0.3) is 81.0 Å². The maximum absolute atomic E-state index is 12.6. The van der Waals surface area contributed by atoms with E-state index in [1.807, 2.05) is 105 Å². The highest BCUT2D eigenvalue weighted by Crippen LogP contribution is 2.40. The topological polar surface area (TPSA) is 396 Å². The Morgan fingerprint density at radius 2 is 0.984 bits per heavy atom. The van der Waals surface area contributed by atoms with Gasteiger partial charge in [0, 0.05) is 194 Å². The second kappa shape index (κ2) is 42.9. The predicted molar refractivity (Wildman–Crippen MR) is 492 cm³/mol. The third-order valence-corrected chi connectivity index (χ3v) is 32.7. The molecule has 672 valence electrons. The second-order valence-electron chi connectivity index (χ2n) is 35.3. The van der Waals surface area contributed by atoms with Crippen molar-refractivity contribution in [1.29, 1.82) is 10.5 Å². The van der Waals surface area contributed by atoms with Gasteiger partial charge in [0.2, 0.25) is 39.1 Å². The molecule has 34 nitrogen and oxygen atoms in total. The zero-order chi connectivity index (χ0) is 92.3. The van der Waals surface area contributed by atoms with Gasteiger partial charge in [-0.25, -0.2) is 68.0 Å². The van der Waals surface area contributed by atoms with Crippen LogP contribution in [-0.2, 0) is 77.9 Å². The van der Waals surface area contributed by atoms with Crippen LogP contribution in [-0.4, -0.2) is 238 Å². The molecule has 0 unspecified atom stereocenters. The number of halogens is 1. The first-order valence-corrected chi connectivity index (χ1v) is 55.0. The fourth-order valence-electron chi connectivity index (χ4n) is 12.8. The Hall–Kier alpha value is -10.1. The number of aromatic amines is 2. The number of hydrogen-bond donors (Lipinski definition) is 3. The van der Waals surface area contributed by atoms with Crippen molar-refractivity contribution in [3.05, 3.63) is 180 Å². The monoisotopic (exact) mass is 1840 g/mol. The minimum absolute atomic E-state index is 0.190. The van der Waals surface area contributed by atoms with Gasteiger partial charge in [-0.2, -0.15) is 38.7 Å². The summed E-state index contributed by atoms with van der Waals surface area (Å²) in [4.78, 5) is 38.7. The molecule has 5 aliphatic heterocycles. The lowest BCUT2D eigenvalue weighted by molar-refractivity contribution is 0.0214. The molecule has 5 fully saturated rings. The van der Waals surface area contributed by atoms with Crippen LogP contribution >= 0.6 is 10.7 Å². The first kappa shape index (κ1) is 100. The van der Waals surface area contributed by atoms with Gasteiger partial charge in [-0.05, 0) is 158 Å². The molecular weight excluding hydrogens is 1730 g/mol. The van der Waals surface area contributed by atoms with Crippen LogP contribution in [0, 0.1) is 42.4 Å². The first-order valence-electron chi connectivity index (χ1n) is 40.7. The van der Waals surface area contributed by atoms with E-state index in [1.165, 1.54) is 50.8 Å². The Morgan fingerprint density at radius 3 is 1.35 bits per heavy atom. The predicted octanol–water partition coefficient (Wildman–Crippen LogP) is 13.9. The molecule has 5 aliphatic rings. The maximum Gasteiger partial charge on any atom is 0.410 e. The lowest BCUT2D eigenvalue weighted by atomic mass is 9.89. The Kier molecular flexibility index (Phi) is 34.5. The van der Waals surface area contributed by atoms with E-state index in [2.05, 4.69) is 122 Å². The van der Waals surface area contributed by atoms with Crippen LogP contribution in [0.5, 0.6) is 0 Å². The van der Waals surface area contributed by atoms with E-state index in [-0.39, 0.29) is 50.4 Å². The number of carbonyl (C=O) groups excluding carboxylic acids is 1. The number of amides is 1. The molecule has 14 heterocycles. The lowest BCUT2D eigenvalue weighted by Gasteiger charge is -2.48. The fraction of sp³-hybridized carbons (Fsp3) is 0.500. The summed E-state index contributed by atoms with van der Waals surface area (Å²) in [6.07, 6.45) is 26.8. The fourth-order valence-corrected chi connectivity index (χ4v) is 18.4. The van der Waals surface area contributed by atoms with Gasteiger partial charge in [0.05, 0.1) is 84.3 Å². The van der Waals surface area contributed by atoms with Gasteiger partial charge >= 0.3 is 6.09 Å². The molecule has 0 radical (unpaired) electrons. The molecule has 9 aromatic rings. The third kappa shape index (κ3) is 26.8. The number of aromatic nitrogens is 12. The average molecular weight is 1840 g/mol. The average Bonchev–Trinajstić information content (AvgIpc) is 1.73. The molecule has 3 N–H and O–H groups in total. The number of nitrogens with zero attached hydrogens (tertiary/aromatic N) is 19. The summed E-state index contributed by atoms with van der Waals surface area (Å²) in [6, 6.07) is 18.7. The number of H-pyrrole nitrogens is 2. The summed E-state index contributed by atoms with van der Waals surface area (Å²) < 4.78 is 122. The van der Waals surface area contributed by atoms with E-state index in [0.29, 0.717) is 39.6 Å². The van der Waals surface area contributed by atoms with Gasteiger partial charge in [-0.3, -0.25) is 14.5 Å². The molecule has 5 saturated heterocycles. The smallest absolute Gasteiger partial charge is 0.410 e. The molecule has 0 saturated carbocycles. The van der Waals surface area contributed by atoms with Crippen molar-refractivity contribution in [1.82, 2.24) is 82.0 Å². The van der Waals surface area contributed by atoms with E-state index < -0.39 is 87.7 Å². The number of likely N-dealkylation sites (tertiary alicyclic amines) is 1. The number of rotatable bonds is 24. The van der Waals surface area contributed by atoms with Crippen LogP contribution in [0.2, 0.25) is 51.4 Å². The summed E-state index contributed by atoms with van der Waals surface area (Å²) in [6.45, 7) is 59.4. The molecule has 1 amide bonds. The van der Waals surface area contributed by atoms with Gasteiger partial charge < -0.3 is 38.5 Å². The molecule has 0 aliphatic carbocycles. The summed E-state index contributed by atoms with van der Waals surface area (Å²) >= 11 is 0. The summed E-state index contributed by atoms with van der Waals surface area (Å²) in [5, 5.41) is 39.0. The van der Waals surface area contributed by atoms with Gasteiger partial charge in [0.25, 0.3) is 0 Å². The van der Waals surface area contributed by atoms with Gasteiger partial charge in [0.15, 0.2) is 18.6 Å². The molecule has 9 aromatic heterocycles. The van der Waals surface area contributed by atoms with Crippen LogP contribution < -0.4 is 5.32 Å². The molecule has 0 bridgehead atoms. The molecule has 0 spiro atoms. The molecule has 41 heteroatoms. The van der Waals surface area contributed by atoms with Crippen LogP contribution in [0.1, 0.15) is 89.0 Å².